The second-order valence-corrected chi connectivity index (χ2v) is 5.38. The van der Waals surface area contributed by atoms with Gasteiger partial charge in [-0.2, -0.15) is 5.10 Å². The molecule has 0 saturated carbocycles. The van der Waals surface area contributed by atoms with Crippen LogP contribution in [0.2, 0.25) is 0 Å². The maximum Gasteiger partial charge on any atom is 0.269 e. The van der Waals surface area contributed by atoms with E-state index in [-0.39, 0.29) is 18.1 Å². The number of aryl methyl sites for hydroxylation is 1. The van der Waals surface area contributed by atoms with Crippen LogP contribution in [0.15, 0.2) is 59.2 Å². The Morgan fingerprint density at radius 3 is 2.69 bits per heavy atom. The van der Waals surface area contributed by atoms with Crippen LogP contribution in [0.25, 0.3) is 6.08 Å². The fraction of sp³-hybridized carbons (Fsp3) is 0.111. The zero-order chi connectivity index (χ0) is 18.5. The summed E-state index contributed by atoms with van der Waals surface area (Å²) in [6.07, 6.45) is 4.54. The minimum absolute atomic E-state index is 0.000798. The van der Waals surface area contributed by atoms with E-state index in [1.807, 2.05) is 0 Å². The first-order valence-corrected chi connectivity index (χ1v) is 7.69. The number of carbonyl (C=O) groups is 1. The molecule has 0 spiro atoms. The number of hydrogen-bond acceptors (Lipinski definition) is 6. The third kappa shape index (κ3) is 4.04. The molecule has 0 saturated heterocycles. The molecule has 0 amide bonds. The van der Waals surface area contributed by atoms with Gasteiger partial charge in [-0.05, 0) is 42.5 Å². The van der Waals surface area contributed by atoms with E-state index in [2.05, 4.69) is 5.10 Å². The molecule has 2 aromatic heterocycles. The summed E-state index contributed by atoms with van der Waals surface area (Å²) in [5.74, 6) is 1.40. The van der Waals surface area contributed by atoms with Gasteiger partial charge in [0.25, 0.3) is 5.69 Å². The maximum atomic E-state index is 12.0. The van der Waals surface area contributed by atoms with Crippen molar-refractivity contribution in [3.8, 4) is 5.75 Å². The van der Waals surface area contributed by atoms with Crippen molar-refractivity contribution >= 4 is 17.5 Å². The van der Waals surface area contributed by atoms with Gasteiger partial charge in [0, 0.05) is 25.4 Å². The summed E-state index contributed by atoms with van der Waals surface area (Å²) >= 11 is 0. The van der Waals surface area contributed by atoms with Crippen molar-refractivity contribution in [2.24, 2.45) is 7.05 Å². The highest BCUT2D eigenvalue weighted by molar-refractivity contribution is 6.05. The van der Waals surface area contributed by atoms with Crippen LogP contribution < -0.4 is 4.74 Å². The van der Waals surface area contributed by atoms with Crippen molar-refractivity contribution in [3.63, 3.8) is 0 Å². The Morgan fingerprint density at radius 1 is 1.27 bits per heavy atom. The van der Waals surface area contributed by atoms with Crippen molar-refractivity contribution < 1.29 is 18.9 Å². The number of non-ortho nitro benzene ring substituents is 1. The zero-order valence-corrected chi connectivity index (χ0v) is 13.9. The number of ether oxygens (including phenoxy) is 1. The van der Waals surface area contributed by atoms with Crippen LogP contribution in [0, 0.1) is 10.1 Å². The molecule has 1 aromatic carbocycles. The number of hydrogen-bond donors (Lipinski definition) is 0. The van der Waals surface area contributed by atoms with Gasteiger partial charge >= 0.3 is 0 Å². The number of rotatable bonds is 7. The fourth-order valence-electron chi connectivity index (χ4n) is 2.24. The van der Waals surface area contributed by atoms with Gasteiger partial charge in [0.2, 0.25) is 5.78 Å². The molecule has 0 bridgehead atoms. The van der Waals surface area contributed by atoms with Gasteiger partial charge in [-0.1, -0.05) is 0 Å². The van der Waals surface area contributed by atoms with E-state index in [1.54, 1.807) is 37.5 Å². The highest BCUT2D eigenvalue weighted by Gasteiger charge is 2.08. The van der Waals surface area contributed by atoms with Crippen molar-refractivity contribution in [2.75, 3.05) is 0 Å². The predicted molar refractivity (Wildman–Crippen MR) is 92.7 cm³/mol. The van der Waals surface area contributed by atoms with E-state index in [0.29, 0.717) is 23.0 Å². The van der Waals surface area contributed by atoms with E-state index in [0.717, 1.165) is 0 Å². The molecular weight excluding hydrogens is 338 g/mol. The maximum absolute atomic E-state index is 12.0. The summed E-state index contributed by atoms with van der Waals surface area (Å²) in [6, 6.07) is 10.9. The highest BCUT2D eigenvalue weighted by Crippen LogP contribution is 2.19. The molecule has 0 aliphatic rings. The Kier molecular flexibility index (Phi) is 4.93. The molecule has 0 fully saturated rings. The Bertz CT molecular complexity index is 953. The summed E-state index contributed by atoms with van der Waals surface area (Å²) in [4.78, 5) is 22.2. The minimum Gasteiger partial charge on any atom is -0.486 e. The van der Waals surface area contributed by atoms with Gasteiger partial charge in [0.05, 0.1) is 4.92 Å². The number of benzene rings is 1. The second-order valence-electron chi connectivity index (χ2n) is 5.38. The number of carbonyl (C=O) groups excluding carboxylic acids is 1. The van der Waals surface area contributed by atoms with Crippen molar-refractivity contribution in [3.05, 3.63) is 82.1 Å². The number of nitro groups is 1. The summed E-state index contributed by atoms with van der Waals surface area (Å²) in [7, 11) is 1.70. The summed E-state index contributed by atoms with van der Waals surface area (Å²) in [5.41, 5.74) is 0.482. The molecule has 3 rings (SSSR count). The molecule has 3 aromatic rings. The lowest BCUT2D eigenvalue weighted by atomic mass is 10.2. The monoisotopic (exact) mass is 353 g/mol. The average molecular weight is 353 g/mol. The first kappa shape index (κ1) is 17.2. The Balaban J connectivity index is 1.57. The normalized spacial score (nSPS) is 11.0. The third-order valence-corrected chi connectivity index (χ3v) is 3.58. The lowest BCUT2D eigenvalue weighted by molar-refractivity contribution is -0.384. The van der Waals surface area contributed by atoms with Crippen LogP contribution in [0.3, 0.4) is 0 Å². The molecule has 0 N–H and O–H groups in total. The first-order chi connectivity index (χ1) is 12.5. The lowest BCUT2D eigenvalue weighted by Crippen LogP contribution is -2.03. The van der Waals surface area contributed by atoms with E-state index in [1.165, 1.54) is 35.0 Å². The van der Waals surface area contributed by atoms with Gasteiger partial charge in [-0.25, -0.2) is 0 Å². The van der Waals surface area contributed by atoms with Gasteiger partial charge < -0.3 is 9.15 Å². The second kappa shape index (κ2) is 7.47. The molecule has 8 heteroatoms. The molecule has 132 valence electrons. The number of nitrogens with zero attached hydrogens (tertiary/aromatic N) is 3. The van der Waals surface area contributed by atoms with Crippen LogP contribution in [-0.2, 0) is 13.7 Å². The number of nitro benzene ring substituents is 1. The van der Waals surface area contributed by atoms with Crippen molar-refractivity contribution in [2.45, 2.75) is 6.61 Å². The molecule has 0 aliphatic carbocycles. The smallest absolute Gasteiger partial charge is 0.269 e. The van der Waals surface area contributed by atoms with Gasteiger partial charge in [-0.3, -0.25) is 19.6 Å². The zero-order valence-electron chi connectivity index (χ0n) is 13.9. The number of allylic oxidation sites excluding steroid dienone is 1. The Hall–Kier alpha value is -3.68. The summed E-state index contributed by atoms with van der Waals surface area (Å²) < 4.78 is 12.6. The molecule has 26 heavy (non-hydrogen) atoms. The quantitative estimate of drug-likeness (QED) is 0.279. The van der Waals surface area contributed by atoms with Gasteiger partial charge in [-0.15, -0.1) is 0 Å². The van der Waals surface area contributed by atoms with Crippen LogP contribution in [-0.4, -0.2) is 20.5 Å². The van der Waals surface area contributed by atoms with Crippen LogP contribution in [0.4, 0.5) is 5.69 Å². The Morgan fingerprint density at radius 2 is 2.04 bits per heavy atom. The summed E-state index contributed by atoms with van der Waals surface area (Å²) in [5, 5.41) is 14.6. The van der Waals surface area contributed by atoms with E-state index < -0.39 is 4.92 Å². The molecule has 0 unspecified atom stereocenters. The van der Waals surface area contributed by atoms with Crippen molar-refractivity contribution in [1.82, 2.24) is 9.78 Å². The molecule has 0 aliphatic heterocycles. The van der Waals surface area contributed by atoms with Crippen LogP contribution >= 0.6 is 0 Å². The number of aromatic nitrogens is 2. The SMILES string of the molecule is Cn1nccc1C(=O)/C=C/c1ccc(COc2ccc([N+](=O)[O-])cc2)o1. The Labute approximate surface area is 148 Å². The molecular formula is C18H15N3O5. The predicted octanol–water partition coefficient (Wildman–Crippen LogP) is 3.40. The molecule has 0 radical (unpaired) electrons. The highest BCUT2D eigenvalue weighted by atomic mass is 16.6. The average Bonchev–Trinajstić information content (AvgIpc) is 3.27. The lowest BCUT2D eigenvalue weighted by Gasteiger charge is -2.03. The minimum atomic E-state index is -0.471. The standard InChI is InChI=1S/C18H15N3O5/c1-20-17(10-11-19-20)18(22)9-8-15-6-7-16(26-15)12-25-14-4-2-13(3-5-14)21(23)24/h2-11H,12H2,1H3/b9-8+. The largest absolute Gasteiger partial charge is 0.486 e. The fourth-order valence-corrected chi connectivity index (χ4v) is 2.24. The summed E-state index contributed by atoms with van der Waals surface area (Å²) in [6.45, 7) is 0.168. The third-order valence-electron chi connectivity index (χ3n) is 3.58. The molecule has 0 atom stereocenters. The van der Waals surface area contributed by atoms with Crippen LogP contribution in [0.1, 0.15) is 22.0 Å². The van der Waals surface area contributed by atoms with E-state index >= 15 is 0 Å². The van der Waals surface area contributed by atoms with E-state index in [4.69, 9.17) is 9.15 Å². The number of furan rings is 1. The van der Waals surface area contributed by atoms with Crippen LogP contribution in [0.5, 0.6) is 5.75 Å². The molecule has 8 nitrogen and oxygen atoms in total. The molecule has 2 heterocycles. The number of ketones is 1. The van der Waals surface area contributed by atoms with E-state index in [9.17, 15) is 14.9 Å². The van der Waals surface area contributed by atoms with Crippen molar-refractivity contribution in [1.29, 1.82) is 0 Å². The topological polar surface area (TPSA) is 100 Å². The van der Waals surface area contributed by atoms with Gasteiger partial charge in [0.15, 0.2) is 0 Å². The first-order valence-electron chi connectivity index (χ1n) is 7.69. The van der Waals surface area contributed by atoms with Gasteiger partial charge in [0.1, 0.15) is 29.6 Å².